The van der Waals surface area contributed by atoms with Crippen LogP contribution in [0.15, 0.2) is 36.7 Å². The summed E-state index contributed by atoms with van der Waals surface area (Å²) in [6, 6.07) is 7.78. The van der Waals surface area contributed by atoms with Crippen LogP contribution in [0.2, 0.25) is 0 Å². The summed E-state index contributed by atoms with van der Waals surface area (Å²) in [6.45, 7) is 7.48. The summed E-state index contributed by atoms with van der Waals surface area (Å²) < 4.78 is 33.7. The van der Waals surface area contributed by atoms with E-state index in [9.17, 15) is 8.78 Å². The molecule has 0 radical (unpaired) electrons. The van der Waals surface area contributed by atoms with Crippen molar-refractivity contribution < 1.29 is 13.5 Å². The van der Waals surface area contributed by atoms with Gasteiger partial charge >= 0.3 is 0 Å². The second-order valence-corrected chi connectivity index (χ2v) is 7.82. The number of ether oxygens (including phenoxy) is 1. The second-order valence-electron chi connectivity index (χ2n) is 7.82. The zero-order valence-corrected chi connectivity index (χ0v) is 17.1. The van der Waals surface area contributed by atoms with Crippen LogP contribution in [0.1, 0.15) is 5.69 Å². The van der Waals surface area contributed by atoms with Gasteiger partial charge in [0.15, 0.2) is 0 Å². The minimum Gasteiger partial charge on any atom is -0.379 e. The molecule has 2 fully saturated rings. The van der Waals surface area contributed by atoms with E-state index in [-0.39, 0.29) is 5.69 Å². The third-order valence-corrected chi connectivity index (χ3v) is 5.57. The molecule has 1 N–H and O–H groups in total. The first-order chi connectivity index (χ1) is 15.0. The summed E-state index contributed by atoms with van der Waals surface area (Å²) in [5.41, 5.74) is 2.22. The largest absolute Gasteiger partial charge is 0.379 e. The van der Waals surface area contributed by atoms with Crippen molar-refractivity contribution in [2.24, 2.45) is 0 Å². The molecule has 31 heavy (non-hydrogen) atoms. The third kappa shape index (κ3) is 4.35. The fourth-order valence-corrected chi connectivity index (χ4v) is 3.97. The minimum atomic E-state index is -0.671. The lowest BCUT2D eigenvalue weighted by molar-refractivity contribution is 0.0105. The van der Waals surface area contributed by atoms with E-state index in [1.54, 1.807) is 0 Å². The van der Waals surface area contributed by atoms with Crippen molar-refractivity contribution in [1.82, 2.24) is 24.6 Å². The van der Waals surface area contributed by atoms with Gasteiger partial charge in [0.1, 0.15) is 23.8 Å². The number of nitrogens with zero attached hydrogens (tertiary/aromatic N) is 6. The molecular formula is C21H23F2N7O. The molecule has 8 nitrogen and oxygen atoms in total. The standard InChI is InChI=1S/C21H23F2N7O/c1-14-6-17(29-11-19(12-29)28-2-4-31-5-3-28)10-20(25-14)26-21-24-13-30(27-21)18-8-15(22)7-16(23)9-18/h6-10,13,19H,2-5,11-12H2,1H3,(H,25,26,27). The SMILES string of the molecule is Cc1cc(N2CC(N3CCOCC3)C2)cc(Nc2ncn(-c3cc(F)cc(F)c3)n2)n1. The molecule has 1 aromatic carbocycles. The molecule has 162 valence electrons. The number of benzene rings is 1. The molecule has 4 heterocycles. The maximum absolute atomic E-state index is 13.5. The summed E-state index contributed by atoms with van der Waals surface area (Å²) in [7, 11) is 0. The van der Waals surface area contributed by atoms with Gasteiger partial charge < -0.3 is 15.0 Å². The van der Waals surface area contributed by atoms with Gasteiger partial charge in [-0.15, -0.1) is 5.10 Å². The number of nitrogens with one attached hydrogen (secondary N) is 1. The monoisotopic (exact) mass is 427 g/mol. The fourth-order valence-electron chi connectivity index (χ4n) is 3.97. The molecule has 2 aliphatic heterocycles. The number of halogens is 2. The van der Waals surface area contributed by atoms with Crippen LogP contribution in [0, 0.1) is 18.6 Å². The van der Waals surface area contributed by atoms with Gasteiger partial charge in [-0.25, -0.2) is 18.4 Å². The summed E-state index contributed by atoms with van der Waals surface area (Å²) in [4.78, 5) is 13.5. The lowest BCUT2D eigenvalue weighted by atomic mass is 10.1. The Morgan fingerprint density at radius 3 is 2.48 bits per heavy atom. The molecule has 2 aliphatic rings. The Bertz CT molecular complexity index is 1060. The smallest absolute Gasteiger partial charge is 0.248 e. The topological polar surface area (TPSA) is 71.3 Å². The van der Waals surface area contributed by atoms with Gasteiger partial charge in [0.25, 0.3) is 0 Å². The number of aryl methyl sites for hydroxylation is 1. The van der Waals surface area contributed by atoms with Gasteiger partial charge in [-0.2, -0.15) is 4.98 Å². The first-order valence-electron chi connectivity index (χ1n) is 10.2. The first-order valence-corrected chi connectivity index (χ1v) is 10.2. The van der Waals surface area contributed by atoms with Crippen molar-refractivity contribution in [3.05, 3.63) is 54.0 Å². The highest BCUT2D eigenvalue weighted by molar-refractivity contribution is 5.60. The van der Waals surface area contributed by atoms with E-state index < -0.39 is 11.6 Å². The summed E-state index contributed by atoms with van der Waals surface area (Å²) >= 11 is 0. The van der Waals surface area contributed by atoms with Gasteiger partial charge in [-0.05, 0) is 25.1 Å². The normalized spacial score (nSPS) is 17.6. The number of morpholine rings is 1. The Morgan fingerprint density at radius 2 is 1.74 bits per heavy atom. The zero-order chi connectivity index (χ0) is 21.4. The van der Waals surface area contributed by atoms with Crippen LogP contribution >= 0.6 is 0 Å². The molecule has 0 amide bonds. The molecule has 3 aromatic rings. The fraction of sp³-hybridized carbons (Fsp3) is 0.381. The van der Waals surface area contributed by atoms with Crippen molar-refractivity contribution in [2.75, 3.05) is 49.6 Å². The summed E-state index contributed by atoms with van der Waals surface area (Å²) in [6.07, 6.45) is 1.40. The second kappa shape index (κ2) is 8.20. The Hall–Kier alpha value is -3.11. The van der Waals surface area contributed by atoms with Gasteiger partial charge in [0.05, 0.1) is 18.9 Å². The van der Waals surface area contributed by atoms with Crippen molar-refractivity contribution in [2.45, 2.75) is 13.0 Å². The number of rotatable bonds is 5. The molecule has 0 atom stereocenters. The average molecular weight is 427 g/mol. The van der Waals surface area contributed by atoms with E-state index in [0.29, 0.717) is 17.8 Å². The number of hydrogen-bond donors (Lipinski definition) is 1. The highest BCUT2D eigenvalue weighted by Crippen LogP contribution is 2.27. The van der Waals surface area contributed by atoms with Gasteiger partial charge in [-0.3, -0.25) is 4.90 Å². The van der Waals surface area contributed by atoms with E-state index in [4.69, 9.17) is 4.74 Å². The molecule has 2 aromatic heterocycles. The lowest BCUT2D eigenvalue weighted by Crippen LogP contribution is -2.61. The van der Waals surface area contributed by atoms with Crippen LogP contribution in [-0.2, 0) is 4.74 Å². The van der Waals surface area contributed by atoms with Crippen molar-refractivity contribution >= 4 is 17.5 Å². The molecule has 5 rings (SSSR count). The van der Waals surface area contributed by atoms with Crippen molar-refractivity contribution in [3.8, 4) is 5.69 Å². The first kappa shape index (κ1) is 19.8. The summed E-state index contributed by atoms with van der Waals surface area (Å²) in [5.74, 6) is -0.429. The molecule has 0 saturated carbocycles. The number of anilines is 3. The molecular weight excluding hydrogens is 404 g/mol. The van der Waals surface area contributed by atoms with Gasteiger partial charge in [0, 0.05) is 55.7 Å². The Balaban J connectivity index is 1.27. The van der Waals surface area contributed by atoms with Crippen LogP contribution < -0.4 is 10.2 Å². The highest BCUT2D eigenvalue weighted by Gasteiger charge is 2.33. The van der Waals surface area contributed by atoms with E-state index in [0.717, 1.165) is 56.8 Å². The maximum atomic E-state index is 13.5. The summed E-state index contributed by atoms with van der Waals surface area (Å²) in [5, 5.41) is 7.35. The Labute approximate surface area is 178 Å². The average Bonchev–Trinajstić information content (AvgIpc) is 3.15. The van der Waals surface area contributed by atoms with Crippen LogP contribution in [-0.4, -0.2) is 70.1 Å². The van der Waals surface area contributed by atoms with Crippen LogP contribution in [0.4, 0.5) is 26.2 Å². The predicted octanol–water partition coefficient (Wildman–Crippen LogP) is 2.51. The minimum absolute atomic E-state index is 0.255. The molecule has 0 spiro atoms. The highest BCUT2D eigenvalue weighted by atomic mass is 19.1. The van der Waals surface area contributed by atoms with Crippen LogP contribution in [0.3, 0.4) is 0 Å². The number of hydrogen-bond acceptors (Lipinski definition) is 7. The van der Waals surface area contributed by atoms with E-state index >= 15 is 0 Å². The lowest BCUT2D eigenvalue weighted by Gasteiger charge is -2.47. The van der Waals surface area contributed by atoms with Crippen LogP contribution in [0.25, 0.3) is 5.69 Å². The number of pyridine rings is 1. The maximum Gasteiger partial charge on any atom is 0.248 e. The van der Waals surface area contributed by atoms with Gasteiger partial charge in [-0.1, -0.05) is 0 Å². The van der Waals surface area contributed by atoms with Crippen molar-refractivity contribution in [1.29, 1.82) is 0 Å². The van der Waals surface area contributed by atoms with E-state index in [1.807, 2.05) is 13.0 Å². The van der Waals surface area contributed by atoms with Crippen molar-refractivity contribution in [3.63, 3.8) is 0 Å². The third-order valence-electron chi connectivity index (χ3n) is 5.57. The Morgan fingerprint density at radius 1 is 1.00 bits per heavy atom. The van der Waals surface area contributed by atoms with E-state index in [2.05, 4.69) is 36.2 Å². The zero-order valence-electron chi connectivity index (χ0n) is 17.1. The van der Waals surface area contributed by atoms with E-state index in [1.165, 1.54) is 23.1 Å². The Kier molecular flexibility index (Phi) is 5.24. The molecule has 0 bridgehead atoms. The van der Waals surface area contributed by atoms with Crippen LogP contribution in [0.5, 0.6) is 0 Å². The molecule has 10 heteroatoms. The molecule has 0 unspecified atom stereocenters. The molecule has 0 aliphatic carbocycles. The quantitative estimate of drug-likeness (QED) is 0.671. The van der Waals surface area contributed by atoms with Gasteiger partial charge in [0.2, 0.25) is 5.95 Å². The number of aromatic nitrogens is 4. The predicted molar refractivity (Wildman–Crippen MR) is 112 cm³/mol. The molecule has 2 saturated heterocycles.